The fourth-order valence-electron chi connectivity index (χ4n) is 1.93. The minimum atomic E-state index is -3.20. The predicted molar refractivity (Wildman–Crippen MR) is 75.7 cm³/mol. The number of hydrogen-bond donors (Lipinski definition) is 2. The van der Waals surface area contributed by atoms with E-state index in [0.717, 1.165) is 25.8 Å². The molecule has 0 amide bonds. The predicted octanol–water partition coefficient (Wildman–Crippen LogP) is 0.752. The Morgan fingerprint density at radius 3 is 2.61 bits per heavy atom. The van der Waals surface area contributed by atoms with Crippen LogP contribution in [0.15, 0.2) is 0 Å². The molecular weight excluding hydrogens is 276 g/mol. The second-order valence-corrected chi connectivity index (χ2v) is 6.63. The van der Waals surface area contributed by atoms with Gasteiger partial charge in [-0.2, -0.15) is 0 Å². The molecule has 5 nitrogen and oxygen atoms in total. The highest BCUT2D eigenvalue weighted by molar-refractivity contribution is 7.89. The Morgan fingerprint density at radius 1 is 1.33 bits per heavy atom. The Bertz CT molecular complexity index is 305. The van der Waals surface area contributed by atoms with Gasteiger partial charge in [0.1, 0.15) is 0 Å². The zero-order valence-electron chi connectivity index (χ0n) is 11.1. The minimum absolute atomic E-state index is 0. The van der Waals surface area contributed by atoms with Crippen LogP contribution in [-0.2, 0) is 14.8 Å². The van der Waals surface area contributed by atoms with E-state index in [1.54, 1.807) is 0 Å². The summed E-state index contributed by atoms with van der Waals surface area (Å²) in [5.41, 5.74) is 0. The summed E-state index contributed by atoms with van der Waals surface area (Å²) in [6.45, 7) is 3.99. The van der Waals surface area contributed by atoms with Crippen LogP contribution in [0.5, 0.6) is 0 Å². The highest BCUT2D eigenvalue weighted by Crippen LogP contribution is 2.14. The third-order valence-electron chi connectivity index (χ3n) is 2.88. The largest absolute Gasteiger partial charge is 0.377 e. The average molecular weight is 301 g/mol. The zero-order chi connectivity index (χ0) is 12.7. The lowest BCUT2D eigenvalue weighted by Gasteiger charge is -2.22. The molecule has 0 aromatic carbocycles. The maximum atomic E-state index is 11.8. The molecule has 0 bridgehead atoms. The first kappa shape index (κ1) is 18.1. The van der Waals surface area contributed by atoms with Crippen molar-refractivity contribution in [2.45, 2.75) is 32.3 Å². The highest BCUT2D eigenvalue weighted by atomic mass is 35.5. The molecule has 0 aliphatic carbocycles. The number of hydrogen-bond acceptors (Lipinski definition) is 4. The minimum Gasteiger partial charge on any atom is -0.377 e. The van der Waals surface area contributed by atoms with E-state index in [0.29, 0.717) is 19.1 Å². The summed E-state index contributed by atoms with van der Waals surface area (Å²) in [7, 11) is -1.34. The molecule has 2 atom stereocenters. The number of sulfonamides is 1. The van der Waals surface area contributed by atoms with Crippen molar-refractivity contribution in [3.8, 4) is 0 Å². The van der Waals surface area contributed by atoms with Crippen molar-refractivity contribution in [3.05, 3.63) is 0 Å². The second-order valence-electron chi connectivity index (χ2n) is 4.78. The third-order valence-corrected chi connectivity index (χ3v) is 4.30. The quantitative estimate of drug-likeness (QED) is 0.728. The van der Waals surface area contributed by atoms with Gasteiger partial charge in [-0.3, -0.25) is 0 Å². The molecule has 0 saturated carbocycles. The number of halogens is 1. The molecule has 2 N–H and O–H groups in total. The van der Waals surface area contributed by atoms with Gasteiger partial charge in [-0.25, -0.2) is 13.1 Å². The zero-order valence-corrected chi connectivity index (χ0v) is 12.8. The van der Waals surface area contributed by atoms with Gasteiger partial charge in [-0.15, -0.1) is 12.4 Å². The van der Waals surface area contributed by atoms with Crippen molar-refractivity contribution in [3.63, 3.8) is 0 Å². The lowest BCUT2D eigenvalue weighted by atomic mass is 10.1. The topological polar surface area (TPSA) is 67.4 Å². The van der Waals surface area contributed by atoms with Gasteiger partial charge in [-0.05, 0) is 38.8 Å². The molecule has 1 aliphatic rings. The normalized spacial score (nSPS) is 22.2. The molecular formula is C11H25ClN2O3S. The fourth-order valence-corrected chi connectivity index (χ4v) is 3.34. The first-order valence-corrected chi connectivity index (χ1v) is 7.92. The molecule has 7 heteroatoms. The second kappa shape index (κ2) is 9.09. The van der Waals surface area contributed by atoms with Crippen LogP contribution in [-0.4, -0.2) is 47.0 Å². The number of nitrogens with one attached hydrogen (secondary N) is 2. The lowest BCUT2D eigenvalue weighted by molar-refractivity contribution is 0.0304. The van der Waals surface area contributed by atoms with Crippen LogP contribution < -0.4 is 10.0 Å². The Hall–Kier alpha value is 0.120. The van der Waals surface area contributed by atoms with Crippen molar-refractivity contribution in [1.82, 2.24) is 10.0 Å². The van der Waals surface area contributed by atoms with Gasteiger partial charge in [0, 0.05) is 13.2 Å². The summed E-state index contributed by atoms with van der Waals surface area (Å²) in [5.74, 6) is 0.390. The first-order chi connectivity index (χ1) is 8.03. The van der Waals surface area contributed by atoms with Crippen LogP contribution >= 0.6 is 12.4 Å². The maximum Gasteiger partial charge on any atom is 0.214 e. The van der Waals surface area contributed by atoms with Gasteiger partial charge >= 0.3 is 0 Å². The van der Waals surface area contributed by atoms with Crippen LogP contribution in [0.3, 0.4) is 0 Å². The Labute approximate surface area is 117 Å². The van der Waals surface area contributed by atoms with Crippen LogP contribution in [0.1, 0.15) is 26.2 Å². The van der Waals surface area contributed by atoms with E-state index in [2.05, 4.69) is 10.0 Å². The van der Waals surface area contributed by atoms with E-state index in [9.17, 15) is 8.42 Å². The maximum absolute atomic E-state index is 11.8. The summed E-state index contributed by atoms with van der Waals surface area (Å²) in [6.07, 6.45) is 2.84. The van der Waals surface area contributed by atoms with Gasteiger partial charge in [-0.1, -0.05) is 6.92 Å². The number of ether oxygens (including phenoxy) is 1. The summed E-state index contributed by atoms with van der Waals surface area (Å²) >= 11 is 0. The molecule has 110 valence electrons. The van der Waals surface area contributed by atoms with Gasteiger partial charge in [0.25, 0.3) is 0 Å². The van der Waals surface area contributed by atoms with Crippen molar-refractivity contribution in [2.24, 2.45) is 5.92 Å². The molecule has 1 aliphatic heterocycles. The van der Waals surface area contributed by atoms with E-state index in [-0.39, 0.29) is 24.3 Å². The van der Waals surface area contributed by atoms with Crippen LogP contribution in [0, 0.1) is 5.92 Å². The van der Waals surface area contributed by atoms with Crippen molar-refractivity contribution >= 4 is 22.4 Å². The van der Waals surface area contributed by atoms with E-state index in [1.165, 1.54) is 0 Å². The Morgan fingerprint density at radius 2 is 2.06 bits per heavy atom. The first-order valence-electron chi connectivity index (χ1n) is 6.27. The molecule has 0 aromatic heterocycles. The Balaban J connectivity index is 0.00000289. The molecule has 1 fully saturated rings. The highest BCUT2D eigenvalue weighted by Gasteiger charge is 2.22. The van der Waals surface area contributed by atoms with Crippen molar-refractivity contribution in [1.29, 1.82) is 0 Å². The van der Waals surface area contributed by atoms with E-state index in [4.69, 9.17) is 4.74 Å². The molecule has 1 saturated heterocycles. The molecule has 2 unspecified atom stereocenters. The smallest absolute Gasteiger partial charge is 0.214 e. The SMILES string of the molecule is CNCC(C)CNS(=O)(=O)CC1CCCCO1.Cl. The third kappa shape index (κ3) is 7.53. The summed E-state index contributed by atoms with van der Waals surface area (Å²) in [5, 5.41) is 3.03. The summed E-state index contributed by atoms with van der Waals surface area (Å²) in [6, 6.07) is 0. The van der Waals surface area contributed by atoms with Gasteiger partial charge in [0.05, 0.1) is 11.9 Å². The molecule has 0 spiro atoms. The van der Waals surface area contributed by atoms with Crippen molar-refractivity contribution in [2.75, 3.05) is 32.5 Å². The van der Waals surface area contributed by atoms with E-state index >= 15 is 0 Å². The van der Waals surface area contributed by atoms with Gasteiger partial charge in [0.2, 0.25) is 10.0 Å². The van der Waals surface area contributed by atoms with Gasteiger partial charge < -0.3 is 10.1 Å². The average Bonchev–Trinajstić information content (AvgIpc) is 2.28. The molecule has 0 aromatic rings. The monoisotopic (exact) mass is 300 g/mol. The lowest BCUT2D eigenvalue weighted by Crippen LogP contribution is -2.38. The fraction of sp³-hybridized carbons (Fsp3) is 1.00. The number of rotatable bonds is 7. The Kier molecular flexibility index (Phi) is 9.15. The summed E-state index contributed by atoms with van der Waals surface area (Å²) in [4.78, 5) is 0. The molecule has 0 radical (unpaired) electrons. The van der Waals surface area contributed by atoms with Crippen molar-refractivity contribution < 1.29 is 13.2 Å². The van der Waals surface area contributed by atoms with Crippen LogP contribution in [0.4, 0.5) is 0 Å². The molecule has 1 rings (SSSR count). The van der Waals surface area contributed by atoms with E-state index in [1.807, 2.05) is 14.0 Å². The standard InChI is InChI=1S/C11H24N2O3S.ClH/c1-10(7-12-2)8-13-17(14,15)9-11-5-3-4-6-16-11;/h10-13H,3-9H2,1-2H3;1H. The molecule has 1 heterocycles. The van der Waals surface area contributed by atoms with Crippen LogP contribution in [0.2, 0.25) is 0 Å². The van der Waals surface area contributed by atoms with Crippen LogP contribution in [0.25, 0.3) is 0 Å². The molecule has 18 heavy (non-hydrogen) atoms. The van der Waals surface area contributed by atoms with Gasteiger partial charge in [0.15, 0.2) is 0 Å². The summed E-state index contributed by atoms with van der Waals surface area (Å²) < 4.78 is 31.7. The van der Waals surface area contributed by atoms with E-state index < -0.39 is 10.0 Å².